The van der Waals surface area contributed by atoms with Gasteiger partial charge in [-0.1, -0.05) is 11.6 Å². The van der Waals surface area contributed by atoms with E-state index in [4.69, 9.17) is 16.0 Å². The molecule has 2 aromatic carbocycles. The van der Waals surface area contributed by atoms with Gasteiger partial charge in [-0.2, -0.15) is 0 Å². The molecule has 1 aliphatic rings. The molecule has 0 radical (unpaired) electrons. The average Bonchev–Trinajstić information content (AvgIpc) is 3.27. The first-order valence-electron chi connectivity index (χ1n) is 8.58. The second-order valence-corrected chi connectivity index (χ2v) is 6.60. The summed E-state index contributed by atoms with van der Waals surface area (Å²) in [5, 5.41) is 6.77. The maximum Gasteiger partial charge on any atom is 0.419 e. The predicted octanol–water partition coefficient (Wildman–Crippen LogP) is 2.89. The topological polar surface area (TPSA) is 88.6 Å². The van der Waals surface area contributed by atoms with Crippen LogP contribution in [0.3, 0.4) is 0 Å². The van der Waals surface area contributed by atoms with Gasteiger partial charge in [0.25, 0.3) is 0 Å². The molecule has 4 rings (SSSR count). The number of nitrogens with one attached hydrogen (secondary N) is 2. The average molecular weight is 385 g/mol. The van der Waals surface area contributed by atoms with Crippen LogP contribution in [0.2, 0.25) is 5.02 Å². The molecule has 27 heavy (non-hydrogen) atoms. The summed E-state index contributed by atoms with van der Waals surface area (Å²) in [6.07, 6.45) is 0.193. The monoisotopic (exact) mass is 384 g/mol. The van der Waals surface area contributed by atoms with E-state index in [-0.39, 0.29) is 18.7 Å². The van der Waals surface area contributed by atoms with E-state index in [0.29, 0.717) is 21.7 Å². The van der Waals surface area contributed by atoms with E-state index in [0.717, 1.165) is 24.7 Å². The number of Topliss-reactive ketones (excluding diaryl/α,β-unsaturated/α-hetero) is 1. The Morgan fingerprint density at radius 1 is 1.26 bits per heavy atom. The Balaban J connectivity index is 1.43. The van der Waals surface area contributed by atoms with E-state index in [1.807, 2.05) is 12.1 Å². The molecule has 2 heterocycles. The van der Waals surface area contributed by atoms with Crippen molar-refractivity contribution in [2.45, 2.75) is 13.0 Å². The van der Waals surface area contributed by atoms with Crippen molar-refractivity contribution in [3.05, 3.63) is 63.6 Å². The normalized spacial score (nSPS) is 13.4. The van der Waals surface area contributed by atoms with Crippen molar-refractivity contribution in [3.8, 4) is 0 Å². The van der Waals surface area contributed by atoms with Gasteiger partial charge in [0, 0.05) is 41.9 Å². The van der Waals surface area contributed by atoms with Crippen LogP contribution in [-0.2, 0) is 6.54 Å². The van der Waals surface area contributed by atoms with Crippen LogP contribution in [0, 0.1) is 0 Å². The van der Waals surface area contributed by atoms with E-state index >= 15 is 0 Å². The fourth-order valence-corrected chi connectivity index (χ4v) is 3.13. The van der Waals surface area contributed by atoms with E-state index in [1.165, 1.54) is 4.57 Å². The van der Waals surface area contributed by atoms with Gasteiger partial charge in [-0.05, 0) is 36.4 Å². The quantitative estimate of drug-likeness (QED) is 0.660. The number of ketones is 1. The molecule has 3 aromatic rings. The Labute approximate surface area is 159 Å². The number of aryl methyl sites for hydroxylation is 1. The van der Waals surface area contributed by atoms with Crippen LogP contribution in [0.4, 0.5) is 5.69 Å². The summed E-state index contributed by atoms with van der Waals surface area (Å²) in [7, 11) is 0. The molecular formula is C19H17ClN4O3. The van der Waals surface area contributed by atoms with Gasteiger partial charge in [0.15, 0.2) is 17.3 Å². The van der Waals surface area contributed by atoms with Gasteiger partial charge in [0.2, 0.25) is 0 Å². The number of fused-ring (bicyclic) bond motifs is 1. The zero-order chi connectivity index (χ0) is 18.8. The molecule has 7 nitrogen and oxygen atoms in total. The number of carbonyl (C=O) groups excluding carboxylic acids is 1. The lowest BCUT2D eigenvalue weighted by Crippen LogP contribution is -2.26. The minimum absolute atomic E-state index is 0.0481. The highest BCUT2D eigenvalue weighted by molar-refractivity contribution is 6.31. The number of rotatable bonds is 5. The number of carbonyl (C=O) groups is 1. The van der Waals surface area contributed by atoms with Crippen LogP contribution in [0.15, 0.2) is 56.7 Å². The molecule has 0 fully saturated rings. The highest BCUT2D eigenvalue weighted by atomic mass is 35.5. The van der Waals surface area contributed by atoms with Crippen LogP contribution in [0.1, 0.15) is 16.8 Å². The largest absolute Gasteiger partial charge is 0.419 e. The fraction of sp³-hybridized carbons (Fsp3) is 0.211. The van der Waals surface area contributed by atoms with Crippen molar-refractivity contribution < 1.29 is 9.21 Å². The summed E-state index contributed by atoms with van der Waals surface area (Å²) in [4.78, 5) is 28.8. The number of hydrogen-bond acceptors (Lipinski definition) is 6. The second kappa shape index (κ2) is 7.28. The van der Waals surface area contributed by atoms with Gasteiger partial charge >= 0.3 is 5.76 Å². The highest BCUT2D eigenvalue weighted by Gasteiger charge is 2.13. The standard InChI is InChI=1S/C19H17ClN4O3/c20-13-3-6-15-17(11-13)27-19(26)24(15)10-7-16(25)12-1-4-14(5-2-12)23-18-21-8-9-22-18/h1-6,11H,7-10H2,(H2,21,22,23). The maximum atomic E-state index is 12.5. The molecule has 0 bridgehead atoms. The van der Waals surface area contributed by atoms with Gasteiger partial charge < -0.3 is 15.1 Å². The van der Waals surface area contributed by atoms with Crippen molar-refractivity contribution >= 4 is 40.1 Å². The molecule has 0 spiro atoms. The molecule has 0 saturated carbocycles. The third kappa shape index (κ3) is 3.73. The highest BCUT2D eigenvalue weighted by Crippen LogP contribution is 2.19. The number of aliphatic imine (C=N–C) groups is 1. The van der Waals surface area contributed by atoms with Gasteiger partial charge in [-0.3, -0.25) is 14.4 Å². The Bertz CT molecular complexity index is 1080. The first kappa shape index (κ1) is 17.4. The third-order valence-electron chi connectivity index (χ3n) is 4.34. The Morgan fingerprint density at radius 3 is 2.81 bits per heavy atom. The zero-order valence-corrected chi connectivity index (χ0v) is 15.1. The number of hydrogen-bond donors (Lipinski definition) is 2. The first-order valence-corrected chi connectivity index (χ1v) is 8.95. The number of guanidine groups is 1. The SMILES string of the molecule is O=C(CCn1c(=O)oc2cc(Cl)ccc21)c1ccc(NC2=NCCN2)cc1. The molecule has 0 atom stereocenters. The van der Waals surface area contributed by atoms with Crippen molar-refractivity contribution in [2.24, 2.45) is 4.99 Å². The molecule has 0 aliphatic carbocycles. The Hall–Kier alpha value is -3.06. The van der Waals surface area contributed by atoms with Crippen molar-refractivity contribution in [1.82, 2.24) is 9.88 Å². The molecule has 1 aliphatic heterocycles. The van der Waals surface area contributed by atoms with Crippen molar-refractivity contribution in [3.63, 3.8) is 0 Å². The summed E-state index contributed by atoms with van der Waals surface area (Å²) in [5.74, 6) is 0.193. The second-order valence-electron chi connectivity index (χ2n) is 6.16. The van der Waals surface area contributed by atoms with E-state index in [1.54, 1.807) is 30.3 Å². The van der Waals surface area contributed by atoms with Crippen LogP contribution in [0.25, 0.3) is 11.1 Å². The molecular weight excluding hydrogens is 368 g/mol. The van der Waals surface area contributed by atoms with Gasteiger partial charge in [0.1, 0.15) is 0 Å². The van der Waals surface area contributed by atoms with E-state index in [2.05, 4.69) is 15.6 Å². The summed E-state index contributed by atoms with van der Waals surface area (Å²) in [6, 6.07) is 12.2. The molecule has 0 unspecified atom stereocenters. The molecule has 0 saturated heterocycles. The molecule has 1 aromatic heterocycles. The van der Waals surface area contributed by atoms with Gasteiger partial charge in [0.05, 0.1) is 12.1 Å². The maximum absolute atomic E-state index is 12.5. The van der Waals surface area contributed by atoms with Crippen LogP contribution in [0.5, 0.6) is 0 Å². The molecule has 2 N–H and O–H groups in total. The number of oxazole rings is 1. The number of anilines is 1. The molecule has 8 heteroatoms. The van der Waals surface area contributed by atoms with Crippen LogP contribution in [-0.4, -0.2) is 29.4 Å². The first-order chi connectivity index (χ1) is 13.1. The van der Waals surface area contributed by atoms with Gasteiger partial charge in [-0.25, -0.2) is 4.79 Å². The van der Waals surface area contributed by atoms with Crippen LogP contribution >= 0.6 is 11.6 Å². The zero-order valence-electron chi connectivity index (χ0n) is 14.4. The number of halogens is 1. The lowest BCUT2D eigenvalue weighted by atomic mass is 10.1. The van der Waals surface area contributed by atoms with E-state index < -0.39 is 5.76 Å². The number of benzene rings is 2. The van der Waals surface area contributed by atoms with Gasteiger partial charge in [-0.15, -0.1) is 0 Å². The van der Waals surface area contributed by atoms with E-state index in [9.17, 15) is 9.59 Å². The predicted molar refractivity (Wildman–Crippen MR) is 105 cm³/mol. The van der Waals surface area contributed by atoms with Crippen LogP contribution < -0.4 is 16.4 Å². The molecule has 138 valence electrons. The van der Waals surface area contributed by atoms with Crippen molar-refractivity contribution in [1.29, 1.82) is 0 Å². The fourth-order valence-electron chi connectivity index (χ4n) is 2.97. The number of aromatic nitrogens is 1. The summed E-state index contributed by atoms with van der Waals surface area (Å²) >= 11 is 5.91. The molecule has 0 amide bonds. The van der Waals surface area contributed by atoms with Crippen molar-refractivity contribution in [2.75, 3.05) is 18.4 Å². The minimum Gasteiger partial charge on any atom is -0.408 e. The summed E-state index contributed by atoms with van der Waals surface area (Å²) < 4.78 is 6.63. The third-order valence-corrected chi connectivity index (χ3v) is 4.57. The summed E-state index contributed by atoms with van der Waals surface area (Å²) in [6.45, 7) is 1.83. The lowest BCUT2D eigenvalue weighted by Gasteiger charge is -2.07. The Morgan fingerprint density at radius 2 is 2.07 bits per heavy atom. The lowest BCUT2D eigenvalue weighted by molar-refractivity contribution is 0.0977. The summed E-state index contributed by atoms with van der Waals surface area (Å²) in [5.41, 5.74) is 2.49. The number of nitrogens with zero attached hydrogens (tertiary/aromatic N) is 2. The smallest absolute Gasteiger partial charge is 0.408 e. The minimum atomic E-state index is -0.496. The Kier molecular flexibility index (Phi) is 4.68.